The summed E-state index contributed by atoms with van der Waals surface area (Å²) in [6.45, 7) is 24.3. The molecule has 0 aromatic carbocycles. The van der Waals surface area contributed by atoms with Crippen molar-refractivity contribution in [2.24, 2.45) is 11.8 Å². The Morgan fingerprint density at radius 3 is 0.899 bits per heavy atom. The Bertz CT molecular complexity index is 4000. The minimum atomic E-state index is -1.29. The highest BCUT2D eigenvalue weighted by atomic mass is 31.2. The minimum Gasteiger partial charge on any atom is -0.463 e. The molecule has 44 heteroatoms. The molecule has 8 N–H and O–H groups in total. The van der Waals surface area contributed by atoms with Crippen LogP contribution in [0, 0.1) is 24.2 Å². The van der Waals surface area contributed by atoms with Crippen LogP contribution in [0.4, 0.5) is 0 Å². The molecular weight excluding hydrogens is 1960 g/mol. The smallest absolute Gasteiger partial charge is 0.303 e. The number of unbranched alkanes of at least 4 members (excludes halogenated alkanes) is 26. The summed E-state index contributed by atoms with van der Waals surface area (Å²) >= 11 is 0. The highest BCUT2D eigenvalue weighted by Crippen LogP contribution is 2.50. The molecule has 18 atom stereocenters. The predicted octanol–water partition coefficient (Wildman–Crippen LogP) is 10.4. The van der Waals surface area contributed by atoms with Gasteiger partial charge in [0.2, 0.25) is 47.3 Å². The van der Waals surface area contributed by atoms with Crippen LogP contribution in [-0.4, -0.2) is 296 Å². The summed E-state index contributed by atoms with van der Waals surface area (Å²) in [7, 11) is -1.29. The second kappa shape index (κ2) is 79.6. The lowest BCUT2D eigenvalue weighted by Crippen LogP contribution is -2.66. The van der Waals surface area contributed by atoms with Crippen molar-refractivity contribution in [1.82, 2.24) is 42.5 Å². The molecule has 0 aliphatic carbocycles. The Morgan fingerprint density at radius 1 is 0.302 bits per heavy atom. The van der Waals surface area contributed by atoms with Crippen LogP contribution < -0.4 is 42.5 Å². The fourth-order valence-corrected chi connectivity index (χ4v) is 19.7. The maximum Gasteiger partial charge on any atom is 0.303 e. The molecular formula is C105H177N8O35P. The molecule has 0 aromatic heterocycles. The highest BCUT2D eigenvalue weighted by molar-refractivity contribution is 7.48. The van der Waals surface area contributed by atoms with E-state index >= 15 is 0 Å². The maximum absolute atomic E-state index is 14.7. The molecule has 0 radical (unpaired) electrons. The van der Waals surface area contributed by atoms with Crippen molar-refractivity contribution < 1.29 is 166 Å². The van der Waals surface area contributed by atoms with Crippen molar-refractivity contribution >= 4 is 109 Å². The monoisotopic (exact) mass is 2140 g/mol. The maximum atomic E-state index is 14.7. The van der Waals surface area contributed by atoms with E-state index in [4.69, 9.17) is 91.3 Å². The van der Waals surface area contributed by atoms with Gasteiger partial charge >= 0.3 is 53.7 Å². The lowest BCUT2D eigenvalue weighted by atomic mass is 9.96. The van der Waals surface area contributed by atoms with Crippen LogP contribution in [0.2, 0.25) is 0 Å². The van der Waals surface area contributed by atoms with E-state index < -0.39 is 196 Å². The molecule has 3 fully saturated rings. The average Bonchev–Trinajstić information content (AvgIpc) is 0.792. The Labute approximate surface area is 882 Å². The van der Waals surface area contributed by atoms with Gasteiger partial charge in [0.25, 0.3) is 0 Å². The number of terminal acetylenes is 1. The van der Waals surface area contributed by atoms with Gasteiger partial charge in [-0.1, -0.05) is 163 Å². The molecule has 0 spiro atoms. The first-order valence-electron chi connectivity index (χ1n) is 53.7. The summed E-state index contributed by atoms with van der Waals surface area (Å²) < 4.78 is 104. The summed E-state index contributed by atoms with van der Waals surface area (Å²) in [6.07, 6.45) is 17.7. The number of esters is 9. The Morgan fingerprint density at radius 2 is 0.597 bits per heavy atom. The summed E-state index contributed by atoms with van der Waals surface area (Å²) in [4.78, 5) is 215. The lowest BCUT2D eigenvalue weighted by molar-refractivity contribution is -0.277. The number of hydrogen-bond acceptors (Lipinski definition) is 35. The van der Waals surface area contributed by atoms with Crippen LogP contribution in [0.1, 0.15) is 348 Å². The summed E-state index contributed by atoms with van der Waals surface area (Å²) in [5, 5.41) is 23.0. The molecule has 43 nitrogen and oxygen atoms in total. The Hall–Kier alpha value is -9.38. The normalized spacial score (nSPS) is 21.0. The van der Waals surface area contributed by atoms with Crippen LogP contribution in [-0.2, 0) is 166 Å². The molecule has 8 amide bonds. The number of carbonyl (C=O) groups is 17. The fraction of sp³-hybridized carbons (Fsp3) is 0.819. The van der Waals surface area contributed by atoms with Gasteiger partial charge < -0.3 is 127 Å². The SMILES string of the molecule is C#CCCOP(OCCOCCNC(=O)C(CCCCNC(=O)CCCCCCCCCCCOC1OC(COC(C)=O)C(OC(C)=O)C(OC(C)=O)C1NC(C)=O)NC(=O)C(CCCCNC(=O)CCCCCCCCCCCOC1OC(COC(C)=O)C(OC(C)=O)C(OC(C)=O)C1NC(C)=O)NC(=O)CCCCCCCCCCCOC1OC(COC(C)=O)C(OC(C)=O)C(OC(C)=O)C1NC(C)=O)C(C(C)C)C(C)C. The van der Waals surface area contributed by atoms with Gasteiger partial charge in [0, 0.05) is 154 Å². The topological polar surface area (TPSA) is 553 Å². The molecule has 0 aromatic rings. The first-order chi connectivity index (χ1) is 71.1. The van der Waals surface area contributed by atoms with E-state index in [0.29, 0.717) is 103 Å². The third-order valence-corrected chi connectivity index (χ3v) is 27.1. The van der Waals surface area contributed by atoms with Crippen molar-refractivity contribution in [1.29, 1.82) is 0 Å². The summed E-state index contributed by atoms with van der Waals surface area (Å²) in [5.74, 6) is -5.93. The van der Waals surface area contributed by atoms with Gasteiger partial charge in [0.1, 0.15) is 68.3 Å². The van der Waals surface area contributed by atoms with E-state index in [1.54, 1.807) is 0 Å². The minimum absolute atomic E-state index is 0.101. The number of nitrogens with one attached hydrogen (secondary N) is 8. The van der Waals surface area contributed by atoms with E-state index in [0.717, 1.165) is 142 Å². The van der Waals surface area contributed by atoms with Crippen molar-refractivity contribution in [3.05, 3.63) is 0 Å². The predicted molar refractivity (Wildman–Crippen MR) is 546 cm³/mol. The van der Waals surface area contributed by atoms with Gasteiger partial charge in [0.05, 0.1) is 26.4 Å². The van der Waals surface area contributed by atoms with Crippen LogP contribution in [0.3, 0.4) is 0 Å². The van der Waals surface area contributed by atoms with Gasteiger partial charge in [-0.2, -0.15) is 0 Å². The first-order valence-corrected chi connectivity index (χ1v) is 54.9. The van der Waals surface area contributed by atoms with E-state index in [1.807, 2.05) is 0 Å². The Balaban J connectivity index is 1.65. The van der Waals surface area contributed by atoms with E-state index in [2.05, 4.69) is 76.1 Å². The molecule has 18 unspecified atom stereocenters. The number of amides is 8. The largest absolute Gasteiger partial charge is 0.463 e. The van der Waals surface area contributed by atoms with Gasteiger partial charge in [0.15, 0.2) is 63.9 Å². The molecule has 3 rings (SSSR count). The van der Waals surface area contributed by atoms with Crippen LogP contribution in [0.5, 0.6) is 0 Å². The lowest BCUT2D eigenvalue weighted by Gasteiger charge is -2.44. The molecule has 0 saturated carbocycles. The standard InChI is InChI=1S/C105H177N8O35P/c1-18-19-62-138-149(100(69(2)3)70(4)5)139-65-64-131-63-58-108-101(129)83(51-44-46-56-106-88(126)53-41-35-29-23-20-26-32-38-48-59-132-103-91(109-71(6)114)97(143-80(15)123)94(140-77(12)120)85(146-103)66-135-74(9)117)113-102(130)84(112-90(128)55-43-37-31-25-22-28-34-40-50-61-134-105-93(111-73(8)116)99(145-82(17)125)96(142-79(14)122)87(148-105)68-137-76(11)119)52-45-47-57-107-89(127)54-42-36-30-24-21-27-33-39-49-60-133-104-92(110-72(7)115)98(144-81(16)124)95(141-78(13)121)86(147-104)67-136-75(10)118/h1,69-70,83-87,91-100,103-105H,19-68H2,2-17H3,(H,106,126)(H,107,127)(H,108,129)(H,109,114)(H,110,115)(H,111,116)(H,112,128)(H,113,130). The molecule has 0 bridgehead atoms. The van der Waals surface area contributed by atoms with E-state index in [1.165, 1.54) is 76.2 Å². The third-order valence-electron chi connectivity index (χ3n) is 24.5. The molecule has 852 valence electrons. The highest BCUT2D eigenvalue weighted by Gasteiger charge is 2.55. The molecule has 3 aliphatic rings. The van der Waals surface area contributed by atoms with E-state index in [9.17, 15) is 81.5 Å². The zero-order chi connectivity index (χ0) is 110. The summed E-state index contributed by atoms with van der Waals surface area (Å²) in [6, 6.07) is -5.27. The fourth-order valence-electron chi connectivity index (χ4n) is 17.7. The van der Waals surface area contributed by atoms with Crippen molar-refractivity contribution in [2.45, 2.75) is 458 Å². The quantitative estimate of drug-likeness (QED) is 0.00922. The zero-order valence-electron chi connectivity index (χ0n) is 91.2. The number of carbonyl (C=O) groups excluding carboxylic acids is 17. The van der Waals surface area contributed by atoms with Crippen LogP contribution in [0.25, 0.3) is 0 Å². The van der Waals surface area contributed by atoms with E-state index in [-0.39, 0.29) is 120 Å². The second-order valence-electron chi connectivity index (χ2n) is 38.7. The first kappa shape index (κ1) is 134. The molecule has 3 aliphatic heterocycles. The molecule has 3 saturated heterocycles. The van der Waals surface area contributed by atoms with Crippen LogP contribution >= 0.6 is 8.38 Å². The Kier molecular flexibility index (Phi) is 71.5. The number of ether oxygens (including phenoxy) is 16. The molecule has 149 heavy (non-hydrogen) atoms. The van der Waals surface area contributed by atoms with Crippen LogP contribution in [0.15, 0.2) is 0 Å². The third kappa shape index (κ3) is 61.2. The van der Waals surface area contributed by atoms with Gasteiger partial charge in [-0.05, 0) is 88.9 Å². The second-order valence-corrected chi connectivity index (χ2v) is 40.4. The van der Waals surface area contributed by atoms with Crippen molar-refractivity contribution in [3.8, 4) is 12.3 Å². The van der Waals surface area contributed by atoms with Gasteiger partial charge in [-0.15, -0.1) is 12.3 Å². The number of hydrogen-bond donors (Lipinski definition) is 8. The average molecular weight is 2140 g/mol. The molecule has 3 heterocycles. The number of rotatable bonds is 81. The summed E-state index contributed by atoms with van der Waals surface area (Å²) in [5.41, 5.74) is 0.150. The van der Waals surface area contributed by atoms with Crippen molar-refractivity contribution in [2.75, 3.05) is 85.7 Å². The van der Waals surface area contributed by atoms with Gasteiger partial charge in [-0.25, -0.2) is 0 Å². The van der Waals surface area contributed by atoms with Gasteiger partial charge in [-0.3, -0.25) is 81.5 Å². The zero-order valence-corrected chi connectivity index (χ0v) is 92.1. The van der Waals surface area contributed by atoms with Crippen molar-refractivity contribution in [3.63, 3.8) is 0 Å².